The van der Waals surface area contributed by atoms with Crippen LogP contribution < -0.4 is 0 Å². The van der Waals surface area contributed by atoms with Crippen LogP contribution in [-0.4, -0.2) is 9.97 Å². The van der Waals surface area contributed by atoms with Crippen LogP contribution in [0.5, 0.6) is 0 Å². The Morgan fingerprint density at radius 3 is 1.96 bits per heavy atom. The van der Waals surface area contributed by atoms with Gasteiger partial charge in [-0.05, 0) is 54.9 Å². The van der Waals surface area contributed by atoms with E-state index in [0.29, 0.717) is 5.82 Å². The average molecular weight is 335 g/mol. The van der Waals surface area contributed by atoms with E-state index in [0.717, 1.165) is 18.4 Å². The van der Waals surface area contributed by atoms with Gasteiger partial charge < -0.3 is 0 Å². The number of aromatic nitrogens is 2. The summed E-state index contributed by atoms with van der Waals surface area (Å²) in [7, 11) is 0. The van der Waals surface area contributed by atoms with Crippen LogP contribution in [-0.2, 0) is 12.8 Å². The predicted octanol–water partition coefficient (Wildman–Crippen LogP) is 5.73. The van der Waals surface area contributed by atoms with Crippen LogP contribution in [0.3, 0.4) is 0 Å². The molecule has 0 spiro atoms. The second-order valence-corrected chi connectivity index (χ2v) is 6.63. The molecule has 0 bridgehead atoms. The maximum atomic E-state index is 4.38. The molecule has 0 atom stereocenters. The molecule has 132 valence electrons. The zero-order valence-corrected chi connectivity index (χ0v) is 15.7. The molecule has 0 N–H and O–H groups in total. The van der Waals surface area contributed by atoms with E-state index in [4.69, 9.17) is 0 Å². The van der Waals surface area contributed by atoms with E-state index >= 15 is 0 Å². The van der Waals surface area contributed by atoms with Crippen LogP contribution >= 0.6 is 0 Å². The molecule has 0 aliphatic heterocycles. The first-order valence-corrected chi connectivity index (χ1v) is 9.73. The van der Waals surface area contributed by atoms with Gasteiger partial charge in [0, 0.05) is 18.0 Å². The van der Waals surface area contributed by atoms with Crippen molar-refractivity contribution >= 4 is 0 Å². The van der Waals surface area contributed by atoms with Gasteiger partial charge in [0.25, 0.3) is 0 Å². The summed E-state index contributed by atoms with van der Waals surface area (Å²) >= 11 is 0. The molecular weight excluding hydrogens is 304 g/mol. The average Bonchev–Trinajstić information content (AvgIpc) is 2.66. The first-order valence-electron chi connectivity index (χ1n) is 9.73. The molecule has 0 radical (unpaired) electrons. The van der Waals surface area contributed by atoms with Crippen molar-refractivity contribution in [2.75, 3.05) is 0 Å². The number of unbranched alkanes of at least 4 members (excludes halogenated alkanes) is 5. The second-order valence-electron chi connectivity index (χ2n) is 6.63. The fourth-order valence-electron chi connectivity index (χ4n) is 2.77. The Labute approximate surface area is 153 Å². The summed E-state index contributed by atoms with van der Waals surface area (Å²) in [6.07, 6.45) is 15.0. The first kappa shape index (κ1) is 19.2. The van der Waals surface area contributed by atoms with Crippen molar-refractivity contribution < 1.29 is 0 Å². The molecule has 2 nitrogen and oxygen atoms in total. The van der Waals surface area contributed by atoms with Crippen molar-refractivity contribution in [3.05, 3.63) is 59.2 Å². The van der Waals surface area contributed by atoms with Crippen LogP contribution in [0, 0.1) is 11.8 Å². The quantitative estimate of drug-likeness (QED) is 0.432. The van der Waals surface area contributed by atoms with Gasteiger partial charge in [-0.1, -0.05) is 64.0 Å². The van der Waals surface area contributed by atoms with Gasteiger partial charge in [0.05, 0.1) is 0 Å². The summed E-state index contributed by atoms with van der Waals surface area (Å²) in [6, 6.07) is 8.55. The van der Waals surface area contributed by atoms with Crippen molar-refractivity contribution in [3.8, 4) is 11.8 Å². The molecule has 1 aromatic heterocycles. The molecular formula is C23H30N2. The van der Waals surface area contributed by atoms with E-state index in [1.54, 1.807) is 0 Å². The van der Waals surface area contributed by atoms with Crippen molar-refractivity contribution in [2.24, 2.45) is 0 Å². The van der Waals surface area contributed by atoms with Crippen molar-refractivity contribution in [3.63, 3.8) is 0 Å². The zero-order chi connectivity index (χ0) is 17.7. The van der Waals surface area contributed by atoms with Crippen molar-refractivity contribution in [1.29, 1.82) is 0 Å². The van der Waals surface area contributed by atoms with Gasteiger partial charge >= 0.3 is 0 Å². The topological polar surface area (TPSA) is 25.8 Å². The third-order valence-corrected chi connectivity index (χ3v) is 4.37. The monoisotopic (exact) mass is 334 g/mol. The van der Waals surface area contributed by atoms with Crippen LogP contribution in [0.4, 0.5) is 0 Å². The predicted molar refractivity (Wildman–Crippen MR) is 106 cm³/mol. The molecule has 2 heteroatoms. The summed E-state index contributed by atoms with van der Waals surface area (Å²) in [6.45, 7) is 4.47. The number of benzene rings is 1. The maximum absolute atomic E-state index is 4.38. The normalized spacial score (nSPS) is 10.3. The summed E-state index contributed by atoms with van der Waals surface area (Å²) in [4.78, 5) is 8.75. The molecule has 0 unspecified atom stereocenters. The van der Waals surface area contributed by atoms with E-state index < -0.39 is 0 Å². The lowest BCUT2D eigenvalue weighted by molar-refractivity contribution is 0.665. The molecule has 0 aliphatic carbocycles. The van der Waals surface area contributed by atoms with E-state index in [1.807, 2.05) is 12.4 Å². The summed E-state index contributed by atoms with van der Waals surface area (Å²) in [5, 5.41) is 0. The van der Waals surface area contributed by atoms with Crippen LogP contribution in [0.2, 0.25) is 0 Å². The van der Waals surface area contributed by atoms with E-state index in [2.05, 4.69) is 59.9 Å². The highest BCUT2D eigenvalue weighted by Gasteiger charge is 1.97. The molecule has 0 amide bonds. The van der Waals surface area contributed by atoms with Gasteiger partial charge in [-0.25, -0.2) is 9.97 Å². The Hall–Kier alpha value is -2.14. The lowest BCUT2D eigenvalue weighted by atomic mass is 10.1. The van der Waals surface area contributed by atoms with Crippen LogP contribution in [0.1, 0.15) is 81.3 Å². The number of rotatable bonds is 9. The molecule has 1 heterocycles. The van der Waals surface area contributed by atoms with Gasteiger partial charge in [0.2, 0.25) is 5.82 Å². The van der Waals surface area contributed by atoms with E-state index in [9.17, 15) is 0 Å². The minimum atomic E-state index is 0.601. The number of aryl methyl sites for hydroxylation is 2. The fraction of sp³-hybridized carbons (Fsp3) is 0.478. The highest BCUT2D eigenvalue weighted by atomic mass is 14.8. The number of nitrogens with zero attached hydrogens (tertiary/aromatic N) is 2. The molecule has 1 aromatic carbocycles. The molecule has 25 heavy (non-hydrogen) atoms. The Morgan fingerprint density at radius 2 is 1.28 bits per heavy atom. The number of hydrogen-bond donors (Lipinski definition) is 0. The Kier molecular flexibility index (Phi) is 8.77. The highest BCUT2D eigenvalue weighted by molar-refractivity contribution is 5.39. The molecule has 0 fully saturated rings. The molecule has 2 aromatic rings. The Bertz CT molecular complexity index is 660. The largest absolute Gasteiger partial charge is 0.229 e. The lowest BCUT2D eigenvalue weighted by Crippen LogP contribution is -1.93. The summed E-state index contributed by atoms with van der Waals surface area (Å²) in [5.41, 5.74) is 3.62. The minimum absolute atomic E-state index is 0.601. The third-order valence-electron chi connectivity index (χ3n) is 4.37. The highest BCUT2D eigenvalue weighted by Crippen LogP contribution is 2.09. The SMILES string of the molecule is CCCCCCc1cnc(C#Cc2ccc(CCCCC)cc2)nc1. The fourth-order valence-corrected chi connectivity index (χ4v) is 2.77. The van der Waals surface area contributed by atoms with Gasteiger partial charge in [-0.15, -0.1) is 0 Å². The Morgan fingerprint density at radius 1 is 0.680 bits per heavy atom. The lowest BCUT2D eigenvalue weighted by Gasteiger charge is -2.00. The van der Waals surface area contributed by atoms with Crippen LogP contribution in [0.15, 0.2) is 36.7 Å². The smallest absolute Gasteiger partial charge is 0.205 e. The minimum Gasteiger partial charge on any atom is -0.229 e. The standard InChI is InChI=1S/C23H30N2/c1-3-5-7-9-11-22-18-24-23(25-19-22)17-16-21-14-12-20(13-15-21)10-8-6-4-2/h12-15,18-19H,3-11H2,1-2H3. The van der Waals surface area contributed by atoms with E-state index in [1.165, 1.54) is 56.1 Å². The second kappa shape index (κ2) is 11.4. The van der Waals surface area contributed by atoms with Gasteiger partial charge in [-0.2, -0.15) is 0 Å². The maximum Gasteiger partial charge on any atom is 0.205 e. The van der Waals surface area contributed by atoms with Gasteiger partial charge in [-0.3, -0.25) is 0 Å². The molecule has 0 aliphatic rings. The summed E-state index contributed by atoms with van der Waals surface area (Å²) in [5.74, 6) is 6.83. The number of hydrogen-bond acceptors (Lipinski definition) is 2. The summed E-state index contributed by atoms with van der Waals surface area (Å²) < 4.78 is 0. The van der Waals surface area contributed by atoms with Crippen molar-refractivity contribution in [2.45, 2.75) is 71.6 Å². The zero-order valence-electron chi connectivity index (χ0n) is 15.7. The Balaban J connectivity index is 1.85. The van der Waals surface area contributed by atoms with E-state index in [-0.39, 0.29) is 0 Å². The van der Waals surface area contributed by atoms with Crippen molar-refractivity contribution in [1.82, 2.24) is 9.97 Å². The molecule has 0 saturated carbocycles. The molecule has 0 saturated heterocycles. The third kappa shape index (κ3) is 7.52. The van der Waals surface area contributed by atoms with Gasteiger partial charge in [0.15, 0.2) is 0 Å². The van der Waals surface area contributed by atoms with Gasteiger partial charge in [0.1, 0.15) is 0 Å². The molecule has 2 rings (SSSR count). The van der Waals surface area contributed by atoms with Crippen LogP contribution in [0.25, 0.3) is 0 Å². The first-order chi connectivity index (χ1) is 12.3.